The second kappa shape index (κ2) is 10.8. The summed E-state index contributed by atoms with van der Waals surface area (Å²) in [5.74, 6) is 2.28. The van der Waals surface area contributed by atoms with Crippen LogP contribution in [0, 0.1) is 6.92 Å². The molecular weight excluding hydrogens is 460 g/mol. The number of ether oxygens (including phenoxy) is 1. The zero-order chi connectivity index (χ0) is 25.0. The first-order chi connectivity index (χ1) is 18.3. The Hall–Kier alpha value is -3.55. The molecule has 37 heavy (non-hydrogen) atoms. The summed E-state index contributed by atoms with van der Waals surface area (Å²) in [7, 11) is 0. The Kier molecular flexibility index (Phi) is 6.97. The fraction of sp³-hybridized carbons (Fsp3) is 0.367. The molecule has 4 aromatic rings. The Labute approximate surface area is 218 Å². The van der Waals surface area contributed by atoms with Crippen molar-refractivity contribution in [2.24, 2.45) is 0 Å². The largest absolute Gasteiger partial charge is 0.378 e. The van der Waals surface area contributed by atoms with Crippen molar-refractivity contribution in [1.82, 2.24) is 24.6 Å². The SMILES string of the molecule is Cc1nc(C2CCN(C(c3ccc(N4CCOCC4)cc3)c3ccccn3)CC2)n(-c2ccccc2)n1. The van der Waals surface area contributed by atoms with Gasteiger partial charge in [0.15, 0.2) is 0 Å². The van der Waals surface area contributed by atoms with Crippen LogP contribution < -0.4 is 4.90 Å². The van der Waals surface area contributed by atoms with E-state index in [2.05, 4.69) is 70.5 Å². The van der Waals surface area contributed by atoms with E-state index in [0.29, 0.717) is 5.92 Å². The Balaban J connectivity index is 1.22. The first-order valence-electron chi connectivity index (χ1n) is 13.3. The third-order valence-electron chi connectivity index (χ3n) is 7.55. The van der Waals surface area contributed by atoms with Gasteiger partial charge in [-0.1, -0.05) is 36.4 Å². The summed E-state index contributed by atoms with van der Waals surface area (Å²) in [4.78, 5) is 14.6. The lowest BCUT2D eigenvalue weighted by Gasteiger charge is -2.37. The van der Waals surface area contributed by atoms with Gasteiger partial charge in [0.05, 0.1) is 30.6 Å². The van der Waals surface area contributed by atoms with Gasteiger partial charge in [-0.15, -0.1) is 0 Å². The first kappa shape index (κ1) is 23.8. The van der Waals surface area contributed by atoms with Crippen LogP contribution in [-0.2, 0) is 4.74 Å². The molecule has 2 aliphatic rings. The summed E-state index contributed by atoms with van der Waals surface area (Å²) < 4.78 is 7.57. The minimum atomic E-state index is 0.134. The lowest BCUT2D eigenvalue weighted by atomic mass is 9.92. The van der Waals surface area contributed by atoms with E-state index in [1.54, 1.807) is 0 Å². The molecule has 0 spiro atoms. The predicted molar refractivity (Wildman–Crippen MR) is 145 cm³/mol. The average Bonchev–Trinajstić information content (AvgIpc) is 3.37. The summed E-state index contributed by atoms with van der Waals surface area (Å²) in [6, 6.07) is 25.8. The van der Waals surface area contributed by atoms with Crippen LogP contribution in [0.1, 0.15) is 47.7 Å². The number of aromatic nitrogens is 4. The topological polar surface area (TPSA) is 59.3 Å². The number of nitrogens with zero attached hydrogens (tertiary/aromatic N) is 6. The van der Waals surface area contributed by atoms with Gasteiger partial charge in [0.1, 0.15) is 11.6 Å². The number of hydrogen-bond donors (Lipinski definition) is 0. The van der Waals surface area contributed by atoms with E-state index in [9.17, 15) is 0 Å². The average molecular weight is 495 g/mol. The van der Waals surface area contributed by atoms with Crippen molar-refractivity contribution in [3.63, 3.8) is 0 Å². The quantitative estimate of drug-likeness (QED) is 0.385. The van der Waals surface area contributed by atoms with Gasteiger partial charge in [-0.3, -0.25) is 9.88 Å². The molecule has 2 aliphatic heterocycles. The minimum absolute atomic E-state index is 0.134. The van der Waals surface area contributed by atoms with E-state index < -0.39 is 0 Å². The van der Waals surface area contributed by atoms with Crippen LogP contribution in [0.3, 0.4) is 0 Å². The fourth-order valence-electron chi connectivity index (χ4n) is 5.67. The van der Waals surface area contributed by atoms with Gasteiger partial charge in [-0.2, -0.15) is 5.10 Å². The van der Waals surface area contributed by atoms with E-state index in [4.69, 9.17) is 19.8 Å². The maximum Gasteiger partial charge on any atom is 0.148 e. The highest BCUT2D eigenvalue weighted by Gasteiger charge is 2.31. The van der Waals surface area contributed by atoms with Gasteiger partial charge in [-0.05, 0) is 74.8 Å². The second-order valence-electron chi connectivity index (χ2n) is 9.92. The van der Waals surface area contributed by atoms with Crippen LogP contribution >= 0.6 is 0 Å². The summed E-state index contributed by atoms with van der Waals surface area (Å²) in [5, 5.41) is 4.72. The molecular formula is C30H34N6O. The predicted octanol–water partition coefficient (Wildman–Crippen LogP) is 4.78. The number of anilines is 1. The third kappa shape index (κ3) is 5.15. The first-order valence-corrected chi connectivity index (χ1v) is 13.3. The minimum Gasteiger partial charge on any atom is -0.378 e. The number of rotatable bonds is 6. The maximum absolute atomic E-state index is 5.53. The highest BCUT2D eigenvalue weighted by Crippen LogP contribution is 2.35. The molecule has 0 N–H and O–H groups in total. The smallest absolute Gasteiger partial charge is 0.148 e. The van der Waals surface area contributed by atoms with E-state index in [0.717, 1.165) is 75.3 Å². The summed E-state index contributed by atoms with van der Waals surface area (Å²) in [6.45, 7) is 7.44. The van der Waals surface area contributed by atoms with E-state index >= 15 is 0 Å². The number of para-hydroxylation sites is 1. The van der Waals surface area contributed by atoms with Crippen molar-refractivity contribution >= 4 is 5.69 Å². The van der Waals surface area contributed by atoms with Gasteiger partial charge in [0.25, 0.3) is 0 Å². The summed E-state index contributed by atoms with van der Waals surface area (Å²) >= 11 is 0. The molecule has 0 aliphatic carbocycles. The number of hydrogen-bond acceptors (Lipinski definition) is 6. The molecule has 0 saturated carbocycles. The van der Waals surface area contributed by atoms with E-state index in [-0.39, 0.29) is 6.04 Å². The second-order valence-corrected chi connectivity index (χ2v) is 9.92. The molecule has 7 heteroatoms. The number of morpholine rings is 1. The molecule has 2 aromatic carbocycles. The van der Waals surface area contributed by atoms with Crippen molar-refractivity contribution in [2.75, 3.05) is 44.3 Å². The summed E-state index contributed by atoms with van der Waals surface area (Å²) in [6.07, 6.45) is 3.99. The van der Waals surface area contributed by atoms with E-state index in [1.165, 1.54) is 11.3 Å². The Morgan fingerprint density at radius 3 is 2.24 bits per heavy atom. The van der Waals surface area contributed by atoms with Crippen molar-refractivity contribution in [3.05, 3.63) is 102 Å². The molecule has 2 saturated heterocycles. The third-order valence-corrected chi connectivity index (χ3v) is 7.55. The Morgan fingerprint density at radius 1 is 0.811 bits per heavy atom. The van der Waals surface area contributed by atoms with Crippen molar-refractivity contribution in [3.8, 4) is 5.69 Å². The number of pyridine rings is 1. The standard InChI is InChI=1S/C30H34N6O/c1-23-32-30(36(33-23)27-7-3-2-4-8-27)25-14-17-35(18-15-25)29(28-9-5-6-16-31-28)24-10-12-26(13-11-24)34-19-21-37-22-20-34/h2-13,16,25,29H,14-15,17-22H2,1H3. The van der Waals surface area contributed by atoms with Gasteiger partial charge < -0.3 is 9.64 Å². The van der Waals surface area contributed by atoms with Crippen LogP contribution in [0.15, 0.2) is 79.0 Å². The number of piperidine rings is 1. The van der Waals surface area contributed by atoms with Crippen LogP contribution in [0.4, 0.5) is 5.69 Å². The molecule has 4 heterocycles. The molecule has 6 rings (SSSR count). The molecule has 7 nitrogen and oxygen atoms in total. The van der Waals surface area contributed by atoms with Crippen molar-refractivity contribution in [2.45, 2.75) is 31.7 Å². The Bertz CT molecular complexity index is 1280. The van der Waals surface area contributed by atoms with Gasteiger partial charge in [0, 0.05) is 30.9 Å². The lowest BCUT2D eigenvalue weighted by Crippen LogP contribution is -2.38. The molecule has 0 bridgehead atoms. The molecule has 0 amide bonds. The van der Waals surface area contributed by atoms with Gasteiger partial charge >= 0.3 is 0 Å². The number of aryl methyl sites for hydroxylation is 1. The van der Waals surface area contributed by atoms with Crippen molar-refractivity contribution in [1.29, 1.82) is 0 Å². The molecule has 2 fully saturated rings. The van der Waals surface area contributed by atoms with Crippen LogP contribution in [0.25, 0.3) is 5.69 Å². The highest BCUT2D eigenvalue weighted by molar-refractivity contribution is 5.49. The molecule has 190 valence electrons. The van der Waals surface area contributed by atoms with Gasteiger partial charge in [-0.25, -0.2) is 9.67 Å². The highest BCUT2D eigenvalue weighted by atomic mass is 16.5. The lowest BCUT2D eigenvalue weighted by molar-refractivity contribution is 0.122. The number of likely N-dealkylation sites (tertiary alicyclic amines) is 1. The van der Waals surface area contributed by atoms with Crippen LogP contribution in [-0.4, -0.2) is 64.0 Å². The van der Waals surface area contributed by atoms with Gasteiger partial charge in [0.2, 0.25) is 0 Å². The molecule has 0 radical (unpaired) electrons. The van der Waals surface area contributed by atoms with Crippen LogP contribution in [0.5, 0.6) is 0 Å². The number of benzene rings is 2. The van der Waals surface area contributed by atoms with E-state index in [1.807, 2.05) is 29.9 Å². The normalized spacial score (nSPS) is 18.1. The van der Waals surface area contributed by atoms with Crippen molar-refractivity contribution < 1.29 is 4.74 Å². The Morgan fingerprint density at radius 2 is 1.54 bits per heavy atom. The molecule has 1 atom stereocenters. The molecule has 1 unspecified atom stereocenters. The van der Waals surface area contributed by atoms with Crippen LogP contribution in [0.2, 0.25) is 0 Å². The molecule has 2 aromatic heterocycles. The monoisotopic (exact) mass is 494 g/mol. The fourth-order valence-corrected chi connectivity index (χ4v) is 5.67. The zero-order valence-corrected chi connectivity index (χ0v) is 21.4. The summed E-state index contributed by atoms with van der Waals surface area (Å²) in [5.41, 5.74) is 4.73. The zero-order valence-electron chi connectivity index (χ0n) is 21.4. The maximum atomic E-state index is 5.53.